The van der Waals surface area contributed by atoms with Crippen LogP contribution in [0.1, 0.15) is 113 Å². The van der Waals surface area contributed by atoms with Crippen molar-refractivity contribution < 1.29 is 79.8 Å². The molecule has 11 amide bonds. The average Bonchev–Trinajstić information content (AvgIpc) is 1.99. The molecular formula is C58H63F4N10O13PS. The van der Waals surface area contributed by atoms with E-state index in [-0.39, 0.29) is 111 Å². The van der Waals surface area contributed by atoms with E-state index in [4.69, 9.17) is 15.5 Å². The second kappa shape index (κ2) is 27.3. The molecule has 4 saturated heterocycles. The third kappa shape index (κ3) is 14.8. The zero-order valence-corrected chi connectivity index (χ0v) is 48.7. The SMILES string of the molecule is CNC(=O)N1CC[C@H]2CC[C@@H](C(=O)N[C@@H](CCC(N)=O)C(=O)N[C@@H](Cc3ccc(F)c(F)c3)C(=O)N3CCC(CCC#Cc4cccc5c4CN(C4CCC(=O)NC4=O)C5=O)CC3)N2C(=O)[C@@H](NC(=O)c2cc3cc(C(F)(F)OP(O)O)ccc3s2)C1. The zero-order valence-electron chi connectivity index (χ0n) is 47.0. The van der Waals surface area contributed by atoms with Crippen LogP contribution in [-0.2, 0) is 57.2 Å². The molecule has 9 N–H and O–H groups in total. The van der Waals surface area contributed by atoms with Gasteiger partial charge in [-0.15, -0.1) is 11.3 Å². The lowest BCUT2D eigenvalue weighted by molar-refractivity contribution is -0.189. The molecule has 462 valence electrons. The third-order valence-electron chi connectivity index (χ3n) is 16.3. The lowest BCUT2D eigenvalue weighted by Gasteiger charge is -2.38. The highest BCUT2D eigenvalue weighted by atomic mass is 32.1. The molecule has 4 fully saturated rings. The van der Waals surface area contributed by atoms with Crippen LogP contribution < -0.4 is 32.3 Å². The Kier molecular flexibility index (Phi) is 19.9. The van der Waals surface area contributed by atoms with Gasteiger partial charge in [0.15, 0.2) is 11.6 Å². The Balaban J connectivity index is 0.864. The number of primary amides is 1. The molecule has 5 aliphatic rings. The number of urea groups is 1. The summed E-state index contributed by atoms with van der Waals surface area (Å²) in [5.41, 5.74) is 6.73. The molecule has 29 heteroatoms. The summed E-state index contributed by atoms with van der Waals surface area (Å²) in [5, 5.41) is 12.9. The lowest BCUT2D eigenvalue weighted by Crippen LogP contribution is -2.62. The van der Waals surface area contributed by atoms with Crippen molar-refractivity contribution in [2.24, 2.45) is 11.7 Å². The number of likely N-dealkylation sites (tertiary alicyclic amines) is 1. The van der Waals surface area contributed by atoms with Crippen LogP contribution in [0.3, 0.4) is 0 Å². The first-order chi connectivity index (χ1) is 41.5. The molecule has 23 nitrogen and oxygen atoms in total. The number of alkyl halides is 2. The van der Waals surface area contributed by atoms with Crippen molar-refractivity contribution in [1.29, 1.82) is 0 Å². The van der Waals surface area contributed by atoms with Crippen LogP contribution in [0.25, 0.3) is 10.1 Å². The van der Waals surface area contributed by atoms with Crippen molar-refractivity contribution in [2.75, 3.05) is 33.2 Å². The number of hydrogen-bond acceptors (Lipinski definition) is 14. The quantitative estimate of drug-likeness (QED) is 0.0308. The summed E-state index contributed by atoms with van der Waals surface area (Å²) >= 11 is 0.888. The van der Waals surface area contributed by atoms with E-state index in [0.717, 1.165) is 35.6 Å². The summed E-state index contributed by atoms with van der Waals surface area (Å²) in [6.45, 7) is 0.384. The molecule has 0 radical (unpaired) electrons. The molecular weight excluding hydrogens is 1180 g/mol. The van der Waals surface area contributed by atoms with Crippen molar-refractivity contribution in [2.45, 2.75) is 126 Å². The molecule has 0 spiro atoms. The molecule has 6 heterocycles. The Morgan fingerprint density at radius 3 is 2.37 bits per heavy atom. The molecule has 9 rings (SSSR count). The summed E-state index contributed by atoms with van der Waals surface area (Å²) in [6.07, 6.45) is -2.11. The van der Waals surface area contributed by atoms with Gasteiger partial charge in [0.05, 0.1) is 17.0 Å². The number of fused-ring (bicyclic) bond motifs is 3. The van der Waals surface area contributed by atoms with E-state index in [0.29, 0.717) is 47.1 Å². The third-order valence-corrected chi connectivity index (χ3v) is 17.8. The number of benzene rings is 3. The number of rotatable bonds is 18. The average molecular weight is 1250 g/mol. The van der Waals surface area contributed by atoms with Crippen LogP contribution in [0, 0.1) is 29.4 Å². The molecule has 3 aromatic carbocycles. The molecule has 5 aliphatic heterocycles. The van der Waals surface area contributed by atoms with Gasteiger partial charge in [-0.25, -0.2) is 18.1 Å². The first-order valence-corrected chi connectivity index (χ1v) is 30.2. The number of imide groups is 1. The molecule has 1 aromatic heterocycles. The Morgan fingerprint density at radius 2 is 1.66 bits per heavy atom. The molecule has 0 bridgehead atoms. The predicted molar refractivity (Wildman–Crippen MR) is 304 cm³/mol. The maximum Gasteiger partial charge on any atom is 0.389 e. The Bertz CT molecular complexity index is 3460. The summed E-state index contributed by atoms with van der Waals surface area (Å²) in [6, 6.07) is 5.06. The standard InChI is InChI=1S/C58H63F4N10O13PS/c1-64-57(82)70-24-21-36-11-14-45(72(36)56(81)43(30-70)67-53(78)47-28-34-27-35(10-16-46(34)87-47)58(61,62)85-86(83)84)52(77)65-41(13-17-48(63)73)50(75)66-42(26-32-9-12-39(59)40(60)25-32)55(80)69-22-19-31(20-23-69)5-2-3-6-33-7-4-8-37-38(33)29-71(54(37)79)44-15-18-49(74)68-51(44)76/h4,7-10,12,16,25,27-28,31,36,41-45,83-84H,2,5,11,13-15,17-24,26,29-30H2,1H3,(H2,63,73)(H,64,82)(H,65,77)(H,66,75)(H,67,78)(H,68,74,76)/t36-,41+,42+,43+,44?,45+/m1/s1. The van der Waals surface area contributed by atoms with Gasteiger partial charge >= 0.3 is 20.7 Å². The number of carbonyl (C=O) groups excluding carboxylic acids is 10. The monoisotopic (exact) mass is 1250 g/mol. The van der Waals surface area contributed by atoms with Crippen molar-refractivity contribution in [3.8, 4) is 11.8 Å². The summed E-state index contributed by atoms with van der Waals surface area (Å²) in [7, 11) is -2.05. The number of nitrogens with zero attached hydrogens (tertiary/aromatic N) is 4. The van der Waals surface area contributed by atoms with Gasteiger partial charge in [-0.3, -0.25) is 48.5 Å². The van der Waals surface area contributed by atoms with Gasteiger partial charge in [0.25, 0.3) is 11.8 Å². The molecule has 4 aromatic rings. The fraction of sp³-hybridized carbons (Fsp3) is 0.448. The van der Waals surface area contributed by atoms with E-state index in [1.165, 1.54) is 44.8 Å². The molecule has 0 saturated carbocycles. The van der Waals surface area contributed by atoms with E-state index in [1.54, 1.807) is 18.2 Å². The van der Waals surface area contributed by atoms with Crippen molar-refractivity contribution in [3.63, 3.8) is 0 Å². The van der Waals surface area contributed by atoms with Crippen LogP contribution in [0.4, 0.5) is 22.4 Å². The Hall–Kier alpha value is -8.09. The minimum Gasteiger partial charge on any atom is -0.370 e. The second-order valence-electron chi connectivity index (χ2n) is 22.0. The van der Waals surface area contributed by atoms with Gasteiger partial charge in [0.1, 0.15) is 30.2 Å². The van der Waals surface area contributed by atoms with Gasteiger partial charge in [-0.1, -0.05) is 24.0 Å². The maximum absolute atomic E-state index is 14.8. The van der Waals surface area contributed by atoms with Crippen LogP contribution in [0.2, 0.25) is 0 Å². The van der Waals surface area contributed by atoms with E-state index < -0.39 is 122 Å². The Morgan fingerprint density at radius 1 is 0.897 bits per heavy atom. The van der Waals surface area contributed by atoms with Crippen LogP contribution >= 0.6 is 19.9 Å². The normalized spacial score (nSPS) is 20.6. The number of nitrogens with two attached hydrogens (primary N) is 1. The second-order valence-corrected chi connectivity index (χ2v) is 23.7. The summed E-state index contributed by atoms with van der Waals surface area (Å²) < 4.78 is 62.4. The van der Waals surface area contributed by atoms with Crippen molar-refractivity contribution >= 4 is 89.2 Å². The minimum atomic E-state index is -4.09. The van der Waals surface area contributed by atoms with Gasteiger partial charge < -0.3 is 56.4 Å². The van der Waals surface area contributed by atoms with Gasteiger partial charge in [-0.2, -0.15) is 8.78 Å². The van der Waals surface area contributed by atoms with E-state index >= 15 is 0 Å². The molecule has 1 unspecified atom stereocenters. The molecule has 87 heavy (non-hydrogen) atoms. The minimum absolute atomic E-state index is 0.0312. The number of halogens is 4. The number of hydrogen-bond donors (Lipinski definition) is 8. The smallest absolute Gasteiger partial charge is 0.370 e. The van der Waals surface area contributed by atoms with E-state index in [9.17, 15) is 65.5 Å². The first kappa shape index (κ1) is 63.4. The topological polar surface area (TPSA) is 320 Å². The van der Waals surface area contributed by atoms with Gasteiger partial charge in [0, 0.05) is 80.8 Å². The summed E-state index contributed by atoms with van der Waals surface area (Å²) in [4.78, 5) is 159. The number of nitrogens with one attached hydrogen (secondary N) is 5. The predicted octanol–water partition coefficient (Wildman–Crippen LogP) is 3.27. The van der Waals surface area contributed by atoms with Crippen LogP contribution in [0.5, 0.6) is 0 Å². The number of thiophene rings is 1. The van der Waals surface area contributed by atoms with Crippen LogP contribution in [-0.4, -0.2) is 158 Å². The largest absolute Gasteiger partial charge is 0.389 e. The van der Waals surface area contributed by atoms with Crippen LogP contribution in [0.15, 0.2) is 60.7 Å². The number of amides is 11. The highest BCUT2D eigenvalue weighted by molar-refractivity contribution is 7.39. The van der Waals surface area contributed by atoms with Gasteiger partial charge in [0.2, 0.25) is 41.4 Å². The summed E-state index contributed by atoms with van der Waals surface area (Å²) in [5.74, 6) is -1.82. The fourth-order valence-corrected chi connectivity index (χ4v) is 13.1. The lowest BCUT2D eigenvalue weighted by atomic mass is 9.91. The van der Waals surface area contributed by atoms with Crippen molar-refractivity contribution in [3.05, 3.63) is 105 Å². The number of carbonyl (C=O) groups is 10. The molecule has 0 aliphatic carbocycles. The Labute approximate surface area is 501 Å². The van der Waals surface area contributed by atoms with Gasteiger partial charge in [-0.05, 0) is 122 Å². The fourth-order valence-electron chi connectivity index (χ4n) is 11.8. The zero-order chi connectivity index (χ0) is 62.4. The highest BCUT2D eigenvalue weighted by Crippen LogP contribution is 2.43. The first-order valence-electron chi connectivity index (χ1n) is 28.2. The maximum atomic E-state index is 14.8. The van der Waals surface area contributed by atoms with E-state index in [2.05, 4.69) is 42.9 Å². The van der Waals surface area contributed by atoms with Crippen molar-refractivity contribution in [1.82, 2.24) is 46.2 Å². The highest BCUT2D eigenvalue weighted by Gasteiger charge is 2.47. The number of piperidine rings is 2. The van der Waals surface area contributed by atoms with E-state index in [1.807, 2.05) is 0 Å². The molecule has 6 atom stereocenters.